The lowest BCUT2D eigenvalue weighted by Gasteiger charge is -2.27. The van der Waals surface area contributed by atoms with E-state index < -0.39 is 35.8 Å². The summed E-state index contributed by atoms with van der Waals surface area (Å²) >= 11 is 0. The van der Waals surface area contributed by atoms with Crippen LogP contribution in [-0.2, 0) is 33.4 Å². The molecular formula is C17H27NO7. The Bertz CT molecular complexity index is 483. The van der Waals surface area contributed by atoms with E-state index in [-0.39, 0.29) is 5.91 Å². The highest BCUT2D eigenvalue weighted by atomic mass is 16.5. The lowest BCUT2D eigenvalue weighted by molar-refractivity contribution is -0.163. The standard InChI is InChI=1S/C17H27NO7/c1-10(13(15(20)23-2)16(21)24-3)14(17(22)25-4)18-12(19)9-11-7-5-6-8-11/h10-11,13-14H,5-9H2,1-4H3,(H,18,19)/t10-,14-/m0/s1. The van der Waals surface area contributed by atoms with E-state index in [1.807, 2.05) is 0 Å². The van der Waals surface area contributed by atoms with Crippen LogP contribution in [0.25, 0.3) is 0 Å². The summed E-state index contributed by atoms with van der Waals surface area (Å²) in [7, 11) is 3.45. The molecule has 0 aliphatic heterocycles. The van der Waals surface area contributed by atoms with E-state index in [4.69, 9.17) is 4.74 Å². The van der Waals surface area contributed by atoms with E-state index in [0.29, 0.717) is 12.3 Å². The van der Waals surface area contributed by atoms with Crippen LogP contribution in [0.1, 0.15) is 39.0 Å². The zero-order valence-corrected chi connectivity index (χ0v) is 15.2. The molecule has 0 spiro atoms. The fraction of sp³-hybridized carbons (Fsp3) is 0.765. The predicted octanol–water partition coefficient (Wildman–Crippen LogP) is 0.823. The van der Waals surface area contributed by atoms with Gasteiger partial charge in [0.15, 0.2) is 5.92 Å². The molecule has 0 bridgehead atoms. The molecule has 0 radical (unpaired) electrons. The minimum atomic E-state index is -1.34. The van der Waals surface area contributed by atoms with Crippen molar-refractivity contribution in [1.29, 1.82) is 0 Å². The summed E-state index contributed by atoms with van der Waals surface area (Å²) < 4.78 is 14.0. The van der Waals surface area contributed by atoms with Gasteiger partial charge in [0.25, 0.3) is 0 Å². The number of carbonyl (C=O) groups excluding carboxylic acids is 4. The quantitative estimate of drug-likeness (QED) is 0.389. The van der Waals surface area contributed by atoms with Crippen LogP contribution in [0.2, 0.25) is 0 Å². The van der Waals surface area contributed by atoms with Gasteiger partial charge >= 0.3 is 17.9 Å². The SMILES string of the molecule is COC(=O)C(C(=O)OC)[C@H](C)[C@H](NC(=O)CC1CCCC1)C(=O)OC. The van der Waals surface area contributed by atoms with Crippen LogP contribution in [0.3, 0.4) is 0 Å². The second-order valence-corrected chi connectivity index (χ2v) is 6.31. The first-order valence-electron chi connectivity index (χ1n) is 8.38. The molecule has 1 aliphatic carbocycles. The Labute approximate surface area is 147 Å². The van der Waals surface area contributed by atoms with Crippen molar-refractivity contribution in [1.82, 2.24) is 5.32 Å². The number of hydrogen-bond donors (Lipinski definition) is 1. The van der Waals surface area contributed by atoms with Crippen LogP contribution in [0, 0.1) is 17.8 Å². The lowest BCUT2D eigenvalue weighted by atomic mass is 9.87. The van der Waals surface area contributed by atoms with Gasteiger partial charge in [0.1, 0.15) is 6.04 Å². The third-order valence-corrected chi connectivity index (χ3v) is 4.68. The normalized spacial score (nSPS) is 16.8. The minimum Gasteiger partial charge on any atom is -0.468 e. The minimum absolute atomic E-state index is 0.297. The molecule has 0 aromatic rings. The van der Waals surface area contributed by atoms with Crippen molar-refractivity contribution in [3.63, 3.8) is 0 Å². The number of ether oxygens (including phenoxy) is 3. The Morgan fingerprint density at radius 1 is 0.920 bits per heavy atom. The van der Waals surface area contributed by atoms with Crippen molar-refractivity contribution in [3.05, 3.63) is 0 Å². The Hall–Kier alpha value is -2.12. The number of rotatable bonds is 8. The molecule has 0 heterocycles. The highest BCUT2D eigenvalue weighted by Gasteiger charge is 2.42. The Kier molecular flexibility index (Phi) is 8.37. The maximum atomic E-state index is 12.3. The van der Waals surface area contributed by atoms with Crippen LogP contribution in [0.4, 0.5) is 0 Å². The first-order chi connectivity index (χ1) is 11.8. The van der Waals surface area contributed by atoms with Gasteiger partial charge in [-0.3, -0.25) is 14.4 Å². The molecule has 1 amide bonds. The highest BCUT2D eigenvalue weighted by molar-refractivity contribution is 5.96. The monoisotopic (exact) mass is 357 g/mol. The van der Waals surface area contributed by atoms with Crippen molar-refractivity contribution in [2.24, 2.45) is 17.8 Å². The number of methoxy groups -OCH3 is 3. The van der Waals surface area contributed by atoms with Crippen LogP contribution in [0.15, 0.2) is 0 Å². The van der Waals surface area contributed by atoms with Gasteiger partial charge < -0.3 is 19.5 Å². The molecule has 1 rings (SSSR count). The van der Waals surface area contributed by atoms with Gasteiger partial charge in [-0.15, -0.1) is 0 Å². The third-order valence-electron chi connectivity index (χ3n) is 4.68. The summed E-state index contributed by atoms with van der Waals surface area (Å²) in [6, 6.07) is -1.15. The van der Waals surface area contributed by atoms with Crippen LogP contribution in [-0.4, -0.2) is 51.2 Å². The molecule has 0 aromatic heterocycles. The van der Waals surface area contributed by atoms with Gasteiger partial charge in [-0.05, 0) is 18.8 Å². The molecule has 2 atom stereocenters. The van der Waals surface area contributed by atoms with Gasteiger partial charge in [-0.1, -0.05) is 19.8 Å². The smallest absolute Gasteiger partial charge is 0.328 e. The van der Waals surface area contributed by atoms with Gasteiger partial charge in [-0.2, -0.15) is 0 Å². The van der Waals surface area contributed by atoms with Crippen LogP contribution >= 0.6 is 0 Å². The number of hydrogen-bond acceptors (Lipinski definition) is 7. The van der Waals surface area contributed by atoms with E-state index in [0.717, 1.165) is 39.9 Å². The number of amides is 1. The molecule has 0 saturated heterocycles. The molecule has 1 saturated carbocycles. The molecule has 8 heteroatoms. The average molecular weight is 357 g/mol. The van der Waals surface area contributed by atoms with Crippen molar-refractivity contribution >= 4 is 23.8 Å². The van der Waals surface area contributed by atoms with Crippen molar-refractivity contribution < 1.29 is 33.4 Å². The Balaban J connectivity index is 2.90. The molecule has 0 aromatic carbocycles. The maximum Gasteiger partial charge on any atom is 0.328 e. The molecule has 8 nitrogen and oxygen atoms in total. The molecular weight excluding hydrogens is 330 g/mol. The molecule has 142 valence electrons. The Morgan fingerprint density at radius 3 is 1.84 bits per heavy atom. The summed E-state index contributed by atoms with van der Waals surface area (Å²) in [5, 5.41) is 2.60. The second-order valence-electron chi connectivity index (χ2n) is 6.31. The summed E-state index contributed by atoms with van der Waals surface area (Å²) in [5.74, 6) is -4.64. The molecule has 25 heavy (non-hydrogen) atoms. The van der Waals surface area contributed by atoms with Gasteiger partial charge in [0, 0.05) is 12.3 Å². The van der Waals surface area contributed by atoms with E-state index in [9.17, 15) is 19.2 Å². The molecule has 1 aliphatic rings. The Morgan fingerprint density at radius 2 is 1.40 bits per heavy atom. The first kappa shape index (κ1) is 20.9. The number of nitrogens with one attached hydrogen (secondary N) is 1. The summed E-state index contributed by atoms with van der Waals surface area (Å²) in [6.45, 7) is 1.50. The van der Waals surface area contributed by atoms with Crippen LogP contribution in [0.5, 0.6) is 0 Å². The molecule has 1 fully saturated rings. The van der Waals surface area contributed by atoms with E-state index in [1.165, 1.54) is 14.0 Å². The van der Waals surface area contributed by atoms with Gasteiger partial charge in [-0.25, -0.2) is 4.79 Å². The van der Waals surface area contributed by atoms with Crippen LogP contribution < -0.4 is 5.32 Å². The third kappa shape index (κ3) is 5.72. The zero-order chi connectivity index (χ0) is 19.0. The summed E-state index contributed by atoms with van der Waals surface area (Å²) in [6.07, 6.45) is 4.47. The van der Waals surface area contributed by atoms with E-state index in [1.54, 1.807) is 0 Å². The number of esters is 3. The predicted molar refractivity (Wildman–Crippen MR) is 87.2 cm³/mol. The van der Waals surface area contributed by atoms with Gasteiger partial charge in [0.2, 0.25) is 5.91 Å². The van der Waals surface area contributed by atoms with Crippen molar-refractivity contribution in [3.8, 4) is 0 Å². The number of carbonyl (C=O) groups is 4. The highest BCUT2D eigenvalue weighted by Crippen LogP contribution is 2.28. The molecule has 0 unspecified atom stereocenters. The summed E-state index contributed by atoms with van der Waals surface area (Å²) in [4.78, 5) is 48.3. The summed E-state index contributed by atoms with van der Waals surface area (Å²) in [5.41, 5.74) is 0. The maximum absolute atomic E-state index is 12.3. The lowest BCUT2D eigenvalue weighted by Crippen LogP contribution is -2.51. The fourth-order valence-electron chi connectivity index (χ4n) is 3.21. The van der Waals surface area contributed by atoms with Crippen molar-refractivity contribution in [2.45, 2.75) is 45.1 Å². The van der Waals surface area contributed by atoms with Gasteiger partial charge in [0.05, 0.1) is 21.3 Å². The topological polar surface area (TPSA) is 108 Å². The van der Waals surface area contributed by atoms with E-state index >= 15 is 0 Å². The molecule has 1 N–H and O–H groups in total. The average Bonchev–Trinajstić information content (AvgIpc) is 3.11. The zero-order valence-electron chi connectivity index (χ0n) is 15.2. The second kappa shape index (κ2) is 10.0. The fourth-order valence-corrected chi connectivity index (χ4v) is 3.21. The first-order valence-corrected chi connectivity index (χ1v) is 8.38. The largest absolute Gasteiger partial charge is 0.468 e. The van der Waals surface area contributed by atoms with Crippen molar-refractivity contribution in [2.75, 3.05) is 21.3 Å². The van der Waals surface area contributed by atoms with E-state index in [2.05, 4.69) is 14.8 Å².